The van der Waals surface area contributed by atoms with Gasteiger partial charge in [-0.3, -0.25) is 4.79 Å². The molecule has 7 heteroatoms. The van der Waals surface area contributed by atoms with Crippen molar-refractivity contribution in [2.75, 3.05) is 59.7 Å². The minimum Gasteiger partial charge on any atom is -0.382 e. The van der Waals surface area contributed by atoms with Crippen LogP contribution in [0.25, 0.3) is 0 Å². The van der Waals surface area contributed by atoms with Crippen LogP contribution in [0.2, 0.25) is 0 Å². The maximum atomic E-state index is 12.6. The topological polar surface area (TPSA) is 66.4 Å². The van der Waals surface area contributed by atoms with E-state index in [4.69, 9.17) is 14.5 Å². The summed E-state index contributed by atoms with van der Waals surface area (Å²) in [6.45, 7) is 9.32. The smallest absolute Gasteiger partial charge is 0.253 e. The van der Waals surface area contributed by atoms with E-state index in [9.17, 15) is 4.79 Å². The summed E-state index contributed by atoms with van der Waals surface area (Å²) in [6, 6.07) is 7.94. The third-order valence-electron chi connectivity index (χ3n) is 5.96. The van der Waals surface area contributed by atoms with Crippen LogP contribution < -0.4 is 5.32 Å². The van der Waals surface area contributed by atoms with Crippen molar-refractivity contribution in [3.8, 4) is 0 Å². The molecule has 2 aliphatic rings. The molecule has 0 saturated carbocycles. The fourth-order valence-corrected chi connectivity index (χ4v) is 4.18. The van der Waals surface area contributed by atoms with Gasteiger partial charge in [0.15, 0.2) is 5.96 Å². The number of nitrogens with zero attached hydrogens (tertiary/aromatic N) is 3. The molecule has 1 unspecified atom stereocenters. The van der Waals surface area contributed by atoms with E-state index < -0.39 is 0 Å². The standard InChI is InChI=1S/C24H38N4O3/c1-3-25-24(28-14-11-21(18-28)19-31-16-15-30-2)26-17-20-7-9-22(10-8-20)23(29)27-12-5-4-6-13-27/h7-10,21H,3-6,11-19H2,1-2H3,(H,25,26). The van der Waals surface area contributed by atoms with Crippen LogP contribution in [0.3, 0.4) is 0 Å². The number of amides is 1. The highest BCUT2D eigenvalue weighted by molar-refractivity contribution is 5.94. The monoisotopic (exact) mass is 430 g/mol. The first-order valence-electron chi connectivity index (χ1n) is 11.7. The molecule has 1 aromatic carbocycles. The first-order chi connectivity index (χ1) is 15.2. The van der Waals surface area contributed by atoms with E-state index in [1.165, 1.54) is 6.42 Å². The number of carbonyl (C=O) groups is 1. The number of nitrogens with one attached hydrogen (secondary N) is 1. The summed E-state index contributed by atoms with van der Waals surface area (Å²) in [5.74, 6) is 1.63. The number of guanidine groups is 1. The average molecular weight is 431 g/mol. The van der Waals surface area contributed by atoms with Crippen LogP contribution in [0.15, 0.2) is 29.3 Å². The molecule has 2 heterocycles. The van der Waals surface area contributed by atoms with E-state index >= 15 is 0 Å². The number of rotatable bonds is 9. The van der Waals surface area contributed by atoms with Gasteiger partial charge in [-0.1, -0.05) is 12.1 Å². The Balaban J connectivity index is 1.52. The molecule has 2 aliphatic heterocycles. The van der Waals surface area contributed by atoms with Crippen LogP contribution in [-0.4, -0.2) is 81.3 Å². The number of benzene rings is 1. The minimum absolute atomic E-state index is 0.152. The van der Waals surface area contributed by atoms with Crippen LogP contribution in [0.5, 0.6) is 0 Å². The Bertz CT molecular complexity index is 701. The zero-order valence-electron chi connectivity index (χ0n) is 19.1. The Hall–Kier alpha value is -2.12. The van der Waals surface area contributed by atoms with Gasteiger partial charge >= 0.3 is 0 Å². The third-order valence-corrected chi connectivity index (χ3v) is 5.96. The molecule has 0 bridgehead atoms. The normalized spacial score (nSPS) is 19.7. The minimum atomic E-state index is 0.152. The molecule has 1 atom stereocenters. The number of carbonyl (C=O) groups excluding carboxylic acids is 1. The number of likely N-dealkylation sites (tertiary alicyclic amines) is 2. The van der Waals surface area contributed by atoms with Crippen LogP contribution in [-0.2, 0) is 16.0 Å². The quantitative estimate of drug-likeness (QED) is 0.371. The van der Waals surface area contributed by atoms with Crippen LogP contribution in [0, 0.1) is 5.92 Å². The lowest BCUT2D eigenvalue weighted by Gasteiger charge is -2.26. The molecule has 3 rings (SSSR count). The van der Waals surface area contributed by atoms with E-state index in [2.05, 4.69) is 17.1 Å². The van der Waals surface area contributed by atoms with Crippen LogP contribution >= 0.6 is 0 Å². The van der Waals surface area contributed by atoms with E-state index in [0.29, 0.717) is 25.7 Å². The largest absolute Gasteiger partial charge is 0.382 e. The summed E-state index contributed by atoms with van der Waals surface area (Å²) >= 11 is 0. The molecule has 172 valence electrons. The number of hydrogen-bond acceptors (Lipinski definition) is 4. The van der Waals surface area contributed by atoms with E-state index in [0.717, 1.165) is 75.7 Å². The highest BCUT2D eigenvalue weighted by Crippen LogP contribution is 2.18. The Morgan fingerprint density at radius 3 is 2.58 bits per heavy atom. The van der Waals surface area contributed by atoms with Gasteiger partial charge < -0.3 is 24.6 Å². The van der Waals surface area contributed by atoms with Crippen molar-refractivity contribution in [3.63, 3.8) is 0 Å². The van der Waals surface area contributed by atoms with Crippen LogP contribution in [0.1, 0.15) is 48.5 Å². The summed E-state index contributed by atoms with van der Waals surface area (Å²) in [5, 5.41) is 3.42. The number of piperidine rings is 1. The Morgan fingerprint density at radius 2 is 1.87 bits per heavy atom. The van der Waals surface area contributed by atoms with Gasteiger partial charge in [0.2, 0.25) is 0 Å². The summed E-state index contributed by atoms with van der Waals surface area (Å²) in [6.07, 6.45) is 4.57. The second-order valence-electron chi connectivity index (χ2n) is 8.39. The summed E-state index contributed by atoms with van der Waals surface area (Å²) in [4.78, 5) is 21.8. The van der Waals surface area contributed by atoms with E-state index in [1.54, 1.807) is 7.11 Å². The van der Waals surface area contributed by atoms with Crippen molar-refractivity contribution < 1.29 is 14.3 Å². The molecule has 0 aromatic heterocycles. The lowest BCUT2D eigenvalue weighted by molar-refractivity contribution is 0.0536. The Morgan fingerprint density at radius 1 is 1.10 bits per heavy atom. The average Bonchev–Trinajstić information content (AvgIpc) is 3.29. The maximum Gasteiger partial charge on any atom is 0.253 e. The SMILES string of the molecule is CCNC(=NCc1ccc(C(=O)N2CCCCC2)cc1)N1CCC(COCCOC)C1. The van der Waals surface area contributed by atoms with Crippen molar-refractivity contribution in [2.45, 2.75) is 39.2 Å². The molecule has 31 heavy (non-hydrogen) atoms. The van der Waals surface area contributed by atoms with Gasteiger partial charge in [0.25, 0.3) is 5.91 Å². The van der Waals surface area contributed by atoms with Gasteiger partial charge in [0.1, 0.15) is 0 Å². The van der Waals surface area contributed by atoms with Gasteiger partial charge in [-0.25, -0.2) is 4.99 Å². The number of methoxy groups -OCH3 is 1. The molecule has 1 amide bonds. The van der Waals surface area contributed by atoms with Gasteiger partial charge in [-0.15, -0.1) is 0 Å². The van der Waals surface area contributed by atoms with Gasteiger partial charge in [-0.2, -0.15) is 0 Å². The molecular formula is C24H38N4O3. The highest BCUT2D eigenvalue weighted by Gasteiger charge is 2.25. The van der Waals surface area contributed by atoms with E-state index in [-0.39, 0.29) is 5.91 Å². The third kappa shape index (κ3) is 7.21. The van der Waals surface area contributed by atoms with Crippen molar-refractivity contribution in [1.29, 1.82) is 0 Å². The van der Waals surface area contributed by atoms with Crippen molar-refractivity contribution in [2.24, 2.45) is 10.9 Å². The fourth-order valence-electron chi connectivity index (χ4n) is 4.18. The molecule has 0 spiro atoms. The predicted octanol–water partition coefficient (Wildman–Crippen LogP) is 2.76. The lowest BCUT2D eigenvalue weighted by atomic mass is 10.1. The number of aliphatic imine (C=N–C) groups is 1. The zero-order chi connectivity index (χ0) is 21.9. The molecule has 1 aromatic rings. The van der Waals surface area contributed by atoms with Gasteiger partial charge in [0.05, 0.1) is 26.4 Å². The summed E-state index contributed by atoms with van der Waals surface area (Å²) in [7, 11) is 1.69. The summed E-state index contributed by atoms with van der Waals surface area (Å²) < 4.78 is 10.7. The molecule has 1 N–H and O–H groups in total. The molecule has 7 nitrogen and oxygen atoms in total. The second-order valence-corrected chi connectivity index (χ2v) is 8.39. The van der Waals surface area contributed by atoms with Crippen molar-refractivity contribution >= 4 is 11.9 Å². The van der Waals surface area contributed by atoms with Crippen LogP contribution in [0.4, 0.5) is 0 Å². The second kappa shape index (κ2) is 12.7. The summed E-state index contributed by atoms with van der Waals surface area (Å²) in [5.41, 5.74) is 1.89. The number of hydrogen-bond donors (Lipinski definition) is 1. The Kier molecular flexibility index (Phi) is 9.62. The maximum absolute atomic E-state index is 12.6. The molecule has 2 saturated heterocycles. The fraction of sp³-hybridized carbons (Fsp3) is 0.667. The zero-order valence-corrected chi connectivity index (χ0v) is 19.1. The van der Waals surface area contributed by atoms with Gasteiger partial charge in [-0.05, 0) is 50.3 Å². The molecule has 2 fully saturated rings. The lowest BCUT2D eigenvalue weighted by Crippen LogP contribution is -2.40. The highest BCUT2D eigenvalue weighted by atomic mass is 16.5. The molecule has 0 aliphatic carbocycles. The number of ether oxygens (including phenoxy) is 2. The molecule has 0 radical (unpaired) electrons. The predicted molar refractivity (Wildman–Crippen MR) is 123 cm³/mol. The molecular weight excluding hydrogens is 392 g/mol. The van der Waals surface area contributed by atoms with Crippen molar-refractivity contribution in [1.82, 2.24) is 15.1 Å². The first-order valence-corrected chi connectivity index (χ1v) is 11.7. The van der Waals surface area contributed by atoms with Gasteiger partial charge in [0, 0.05) is 51.3 Å². The van der Waals surface area contributed by atoms with E-state index in [1.807, 2.05) is 29.2 Å². The Labute approximate surface area is 186 Å². The first kappa shape index (κ1) is 23.5. The van der Waals surface area contributed by atoms with Crippen molar-refractivity contribution in [3.05, 3.63) is 35.4 Å².